The van der Waals surface area contributed by atoms with Crippen molar-refractivity contribution >= 4 is 15.9 Å². The van der Waals surface area contributed by atoms with Crippen molar-refractivity contribution in [1.82, 2.24) is 10.2 Å². The highest BCUT2D eigenvalue weighted by Gasteiger charge is 2.28. The third-order valence-electron chi connectivity index (χ3n) is 3.26. The fraction of sp³-hybridized carbons (Fsp3) is 0.818. The Bertz CT molecular complexity index is 335. The fourth-order valence-corrected chi connectivity index (χ4v) is 2.53. The average molecular weight is 322 g/mol. The SMILES string of the molecule is CCN(CC1COCC1C)C(NC)=C(Br)[N+](=O)[O-]. The molecule has 0 spiro atoms. The van der Waals surface area contributed by atoms with Gasteiger partial charge in [-0.3, -0.25) is 10.1 Å². The first-order valence-corrected chi connectivity index (χ1v) is 6.85. The molecule has 1 fully saturated rings. The number of nitro groups is 1. The molecule has 104 valence electrons. The maximum absolute atomic E-state index is 10.8. The lowest BCUT2D eigenvalue weighted by atomic mass is 9.97. The molecule has 0 bridgehead atoms. The first kappa shape index (κ1) is 15.2. The Morgan fingerprint density at radius 3 is 2.67 bits per heavy atom. The highest BCUT2D eigenvalue weighted by molar-refractivity contribution is 9.11. The zero-order valence-electron chi connectivity index (χ0n) is 11.0. The smallest absolute Gasteiger partial charge is 0.350 e. The zero-order chi connectivity index (χ0) is 13.7. The summed E-state index contributed by atoms with van der Waals surface area (Å²) in [7, 11) is 1.69. The van der Waals surface area contributed by atoms with Crippen LogP contribution in [0.15, 0.2) is 10.4 Å². The van der Waals surface area contributed by atoms with Crippen molar-refractivity contribution in [2.24, 2.45) is 11.8 Å². The van der Waals surface area contributed by atoms with Gasteiger partial charge >= 0.3 is 4.61 Å². The average Bonchev–Trinajstić information content (AvgIpc) is 2.74. The first-order valence-electron chi connectivity index (χ1n) is 6.05. The molecule has 7 heteroatoms. The van der Waals surface area contributed by atoms with E-state index in [4.69, 9.17) is 4.74 Å². The van der Waals surface area contributed by atoms with Crippen LogP contribution in [0, 0.1) is 22.0 Å². The summed E-state index contributed by atoms with van der Waals surface area (Å²) in [4.78, 5) is 12.4. The molecular formula is C11H20BrN3O3. The third kappa shape index (κ3) is 3.58. The molecule has 0 aromatic rings. The van der Waals surface area contributed by atoms with E-state index in [-0.39, 0.29) is 4.61 Å². The molecule has 1 N–H and O–H groups in total. The third-order valence-corrected chi connectivity index (χ3v) is 3.93. The number of halogens is 1. The Labute approximate surface area is 116 Å². The highest BCUT2D eigenvalue weighted by atomic mass is 79.9. The second-order valence-corrected chi connectivity index (χ2v) is 5.21. The van der Waals surface area contributed by atoms with Gasteiger partial charge in [-0.2, -0.15) is 0 Å². The van der Waals surface area contributed by atoms with Crippen molar-refractivity contribution in [2.45, 2.75) is 13.8 Å². The van der Waals surface area contributed by atoms with Crippen LogP contribution in [0.1, 0.15) is 13.8 Å². The van der Waals surface area contributed by atoms with Gasteiger partial charge in [-0.05, 0) is 12.8 Å². The van der Waals surface area contributed by atoms with Crippen LogP contribution >= 0.6 is 15.9 Å². The topological polar surface area (TPSA) is 67.6 Å². The van der Waals surface area contributed by atoms with Gasteiger partial charge in [0.05, 0.1) is 11.5 Å². The molecule has 18 heavy (non-hydrogen) atoms. The lowest BCUT2D eigenvalue weighted by molar-refractivity contribution is -0.411. The second-order valence-electron chi connectivity index (χ2n) is 4.46. The van der Waals surface area contributed by atoms with Crippen molar-refractivity contribution in [3.8, 4) is 0 Å². The van der Waals surface area contributed by atoms with E-state index >= 15 is 0 Å². The molecule has 0 radical (unpaired) electrons. The second kappa shape index (κ2) is 6.94. The number of nitrogens with zero attached hydrogens (tertiary/aromatic N) is 2. The number of ether oxygens (including phenoxy) is 1. The van der Waals surface area contributed by atoms with Crippen molar-refractivity contribution < 1.29 is 9.66 Å². The van der Waals surface area contributed by atoms with E-state index in [0.29, 0.717) is 24.2 Å². The van der Waals surface area contributed by atoms with Gasteiger partial charge < -0.3 is 15.0 Å². The molecule has 0 amide bonds. The van der Waals surface area contributed by atoms with Crippen LogP contribution in [-0.2, 0) is 4.74 Å². The summed E-state index contributed by atoms with van der Waals surface area (Å²) in [6.07, 6.45) is 0. The molecule has 0 aliphatic carbocycles. The Balaban J connectivity index is 2.80. The molecule has 0 aromatic carbocycles. The van der Waals surface area contributed by atoms with E-state index in [9.17, 15) is 10.1 Å². The summed E-state index contributed by atoms with van der Waals surface area (Å²) in [5.41, 5.74) is 0. The lowest BCUT2D eigenvalue weighted by Crippen LogP contribution is -2.37. The summed E-state index contributed by atoms with van der Waals surface area (Å²) < 4.78 is 5.40. The summed E-state index contributed by atoms with van der Waals surface area (Å²) in [6.45, 7) is 7.11. The van der Waals surface area contributed by atoms with Gasteiger partial charge in [0, 0.05) is 48.6 Å². The molecule has 1 rings (SSSR count). The van der Waals surface area contributed by atoms with Gasteiger partial charge in [0.1, 0.15) is 0 Å². The molecule has 6 nitrogen and oxygen atoms in total. The normalized spacial score (nSPS) is 24.7. The monoisotopic (exact) mass is 321 g/mol. The lowest BCUT2D eigenvalue weighted by Gasteiger charge is -2.28. The van der Waals surface area contributed by atoms with Gasteiger partial charge in [0.2, 0.25) is 0 Å². The number of rotatable bonds is 6. The fourth-order valence-electron chi connectivity index (χ4n) is 2.08. The molecule has 2 atom stereocenters. The van der Waals surface area contributed by atoms with Crippen LogP contribution in [0.4, 0.5) is 0 Å². The molecule has 0 saturated carbocycles. The number of nitrogens with one attached hydrogen (secondary N) is 1. The molecule has 1 saturated heterocycles. The van der Waals surface area contributed by atoms with Crippen LogP contribution in [0.3, 0.4) is 0 Å². The molecule has 0 aromatic heterocycles. The van der Waals surface area contributed by atoms with Gasteiger partial charge in [-0.15, -0.1) is 0 Å². The summed E-state index contributed by atoms with van der Waals surface area (Å²) in [5.74, 6) is 1.42. The minimum absolute atomic E-state index is 0.0292. The Hall–Kier alpha value is -0.820. The van der Waals surface area contributed by atoms with Crippen molar-refractivity contribution in [1.29, 1.82) is 0 Å². The van der Waals surface area contributed by atoms with Crippen molar-refractivity contribution in [3.63, 3.8) is 0 Å². The van der Waals surface area contributed by atoms with Crippen LogP contribution in [-0.4, -0.2) is 43.2 Å². The molecule has 1 aliphatic rings. The molecule has 1 aliphatic heterocycles. The standard InChI is InChI=1S/C11H20BrN3O3/c1-4-14(5-9-7-18-6-8(9)2)11(13-3)10(12)15(16)17/h8-9,13H,4-7H2,1-3H3. The van der Waals surface area contributed by atoms with Crippen LogP contribution in [0.2, 0.25) is 0 Å². The Morgan fingerprint density at radius 1 is 1.61 bits per heavy atom. The van der Waals surface area contributed by atoms with Crippen molar-refractivity contribution in [2.75, 3.05) is 33.4 Å². The van der Waals surface area contributed by atoms with Crippen LogP contribution < -0.4 is 5.32 Å². The van der Waals surface area contributed by atoms with E-state index in [1.807, 2.05) is 11.8 Å². The molecular weight excluding hydrogens is 302 g/mol. The minimum Gasteiger partial charge on any atom is -0.381 e. The minimum atomic E-state index is -0.428. The van der Waals surface area contributed by atoms with Crippen molar-refractivity contribution in [3.05, 3.63) is 20.5 Å². The van der Waals surface area contributed by atoms with Crippen LogP contribution in [0.5, 0.6) is 0 Å². The first-order chi connectivity index (χ1) is 8.51. The zero-order valence-corrected chi connectivity index (χ0v) is 12.6. The maximum atomic E-state index is 10.8. The van der Waals surface area contributed by atoms with E-state index in [2.05, 4.69) is 28.2 Å². The van der Waals surface area contributed by atoms with E-state index in [0.717, 1.165) is 19.8 Å². The van der Waals surface area contributed by atoms with Gasteiger partial charge in [0.15, 0.2) is 5.82 Å². The van der Waals surface area contributed by atoms with Gasteiger partial charge in [-0.25, -0.2) is 0 Å². The van der Waals surface area contributed by atoms with Crippen LogP contribution in [0.25, 0.3) is 0 Å². The summed E-state index contributed by atoms with van der Waals surface area (Å²) >= 11 is 3.02. The van der Waals surface area contributed by atoms with E-state index in [1.54, 1.807) is 7.05 Å². The van der Waals surface area contributed by atoms with E-state index < -0.39 is 4.92 Å². The number of hydrogen-bond donors (Lipinski definition) is 1. The maximum Gasteiger partial charge on any atom is 0.350 e. The predicted molar refractivity (Wildman–Crippen MR) is 72.7 cm³/mol. The quantitative estimate of drug-likeness (QED) is 0.457. The molecule has 2 unspecified atom stereocenters. The summed E-state index contributed by atoms with van der Waals surface area (Å²) in [5, 5.41) is 13.7. The van der Waals surface area contributed by atoms with Gasteiger partial charge in [-0.1, -0.05) is 6.92 Å². The predicted octanol–water partition coefficient (Wildman–Crippen LogP) is 1.61. The summed E-state index contributed by atoms with van der Waals surface area (Å²) in [6, 6.07) is 0. The number of hydrogen-bond acceptors (Lipinski definition) is 5. The Morgan fingerprint density at radius 2 is 2.28 bits per heavy atom. The largest absolute Gasteiger partial charge is 0.381 e. The highest BCUT2D eigenvalue weighted by Crippen LogP contribution is 2.23. The van der Waals surface area contributed by atoms with Gasteiger partial charge in [0.25, 0.3) is 0 Å². The van der Waals surface area contributed by atoms with E-state index in [1.165, 1.54) is 0 Å². The molecule has 1 heterocycles. The Kier molecular flexibility index (Phi) is 5.87.